The molecule has 15 heavy (non-hydrogen) atoms. The average Bonchev–Trinajstić information content (AvgIpc) is 2.15. The fraction of sp³-hybridized carbons (Fsp3) is 0.273. The van der Waals surface area contributed by atoms with E-state index in [1.807, 2.05) is 19.9 Å². The minimum Gasteiger partial charge on any atom is -0.490 e. The summed E-state index contributed by atoms with van der Waals surface area (Å²) in [6.45, 7) is 7.82. The van der Waals surface area contributed by atoms with Gasteiger partial charge in [0.15, 0.2) is 0 Å². The third kappa shape index (κ3) is 3.42. The van der Waals surface area contributed by atoms with Crippen LogP contribution in [0.4, 0.5) is 0 Å². The first kappa shape index (κ1) is 11.8. The second-order valence-corrected chi connectivity index (χ2v) is 3.66. The Morgan fingerprint density at radius 1 is 1.47 bits per heavy atom. The topological polar surface area (TPSA) is 49.7 Å². The van der Waals surface area contributed by atoms with Gasteiger partial charge < -0.3 is 14.8 Å². The van der Waals surface area contributed by atoms with Gasteiger partial charge in [0.05, 0.1) is 0 Å². The standard InChI is InChI=1S/C11H15BO3/c1-8(2)7-15-11-5-4-9(3)6-10(11)12(13)14/h4-6,13-14H,1,7H2,2-3H3. The van der Waals surface area contributed by atoms with Crippen LogP contribution in [0, 0.1) is 6.92 Å². The molecular weight excluding hydrogens is 191 g/mol. The number of benzene rings is 1. The Morgan fingerprint density at radius 2 is 2.13 bits per heavy atom. The molecule has 0 radical (unpaired) electrons. The molecule has 0 unspecified atom stereocenters. The number of hydrogen-bond acceptors (Lipinski definition) is 3. The second-order valence-electron chi connectivity index (χ2n) is 3.66. The summed E-state index contributed by atoms with van der Waals surface area (Å²) in [5.41, 5.74) is 2.23. The molecule has 0 aliphatic rings. The third-order valence-electron chi connectivity index (χ3n) is 1.92. The molecule has 1 aromatic carbocycles. The molecule has 80 valence electrons. The van der Waals surface area contributed by atoms with Crippen molar-refractivity contribution in [3.05, 3.63) is 35.9 Å². The van der Waals surface area contributed by atoms with E-state index in [4.69, 9.17) is 14.8 Å². The van der Waals surface area contributed by atoms with Gasteiger partial charge in [0.25, 0.3) is 0 Å². The van der Waals surface area contributed by atoms with Crippen molar-refractivity contribution in [3.8, 4) is 5.75 Å². The minimum absolute atomic E-state index is 0.378. The summed E-state index contributed by atoms with van der Waals surface area (Å²) in [6.07, 6.45) is 0. The average molecular weight is 206 g/mol. The van der Waals surface area contributed by atoms with Crippen molar-refractivity contribution in [1.82, 2.24) is 0 Å². The largest absolute Gasteiger partial charge is 0.492 e. The van der Waals surface area contributed by atoms with Crippen molar-refractivity contribution in [2.45, 2.75) is 13.8 Å². The highest BCUT2D eigenvalue weighted by atomic mass is 16.5. The van der Waals surface area contributed by atoms with Crippen LogP contribution in [0.5, 0.6) is 5.75 Å². The van der Waals surface area contributed by atoms with E-state index in [-0.39, 0.29) is 0 Å². The first-order chi connectivity index (χ1) is 7.00. The monoisotopic (exact) mass is 206 g/mol. The summed E-state index contributed by atoms with van der Waals surface area (Å²) in [4.78, 5) is 0. The zero-order chi connectivity index (χ0) is 11.4. The summed E-state index contributed by atoms with van der Waals surface area (Å²) in [5.74, 6) is 0.485. The summed E-state index contributed by atoms with van der Waals surface area (Å²) < 4.78 is 5.40. The van der Waals surface area contributed by atoms with Crippen molar-refractivity contribution >= 4 is 12.6 Å². The Bertz CT molecular complexity index is 361. The van der Waals surface area contributed by atoms with Crippen LogP contribution in [-0.4, -0.2) is 23.8 Å². The van der Waals surface area contributed by atoms with Crippen LogP contribution in [0.2, 0.25) is 0 Å². The molecule has 0 heterocycles. The molecule has 0 saturated heterocycles. The fourth-order valence-electron chi connectivity index (χ4n) is 1.20. The molecule has 0 saturated carbocycles. The zero-order valence-electron chi connectivity index (χ0n) is 9.03. The van der Waals surface area contributed by atoms with Gasteiger partial charge in [-0.1, -0.05) is 24.3 Å². The number of rotatable bonds is 4. The third-order valence-corrected chi connectivity index (χ3v) is 1.92. The van der Waals surface area contributed by atoms with E-state index in [1.165, 1.54) is 0 Å². The molecule has 4 heteroatoms. The minimum atomic E-state index is -1.51. The molecule has 0 spiro atoms. The Balaban J connectivity index is 2.90. The first-order valence-corrected chi connectivity index (χ1v) is 4.74. The van der Waals surface area contributed by atoms with Crippen LogP contribution < -0.4 is 10.2 Å². The first-order valence-electron chi connectivity index (χ1n) is 4.74. The van der Waals surface area contributed by atoms with Gasteiger partial charge in [-0.3, -0.25) is 0 Å². The number of aryl methyl sites for hydroxylation is 1. The van der Waals surface area contributed by atoms with Gasteiger partial charge in [0, 0.05) is 5.46 Å². The highest BCUT2D eigenvalue weighted by molar-refractivity contribution is 6.59. The Labute approximate surface area is 90.2 Å². The number of hydrogen-bond donors (Lipinski definition) is 2. The quantitative estimate of drug-likeness (QED) is 0.561. The van der Waals surface area contributed by atoms with E-state index < -0.39 is 7.12 Å². The van der Waals surface area contributed by atoms with Gasteiger partial charge >= 0.3 is 7.12 Å². The molecule has 0 atom stereocenters. The molecule has 0 aliphatic carbocycles. The Morgan fingerprint density at radius 3 is 2.67 bits per heavy atom. The maximum atomic E-state index is 9.15. The van der Waals surface area contributed by atoms with Crippen molar-refractivity contribution in [2.75, 3.05) is 6.61 Å². The molecule has 1 rings (SSSR count). The maximum Gasteiger partial charge on any atom is 0.492 e. The van der Waals surface area contributed by atoms with Gasteiger partial charge in [-0.05, 0) is 25.5 Å². The van der Waals surface area contributed by atoms with Gasteiger partial charge in [0.2, 0.25) is 0 Å². The molecule has 0 fully saturated rings. The van der Waals surface area contributed by atoms with E-state index in [0.29, 0.717) is 17.8 Å². The lowest BCUT2D eigenvalue weighted by Gasteiger charge is -2.11. The van der Waals surface area contributed by atoms with Crippen LogP contribution >= 0.6 is 0 Å². The van der Waals surface area contributed by atoms with E-state index in [1.54, 1.807) is 12.1 Å². The summed E-state index contributed by atoms with van der Waals surface area (Å²) in [7, 11) is -1.51. The summed E-state index contributed by atoms with van der Waals surface area (Å²) >= 11 is 0. The number of ether oxygens (including phenoxy) is 1. The maximum absolute atomic E-state index is 9.15. The van der Waals surface area contributed by atoms with Crippen molar-refractivity contribution in [2.24, 2.45) is 0 Å². The Hall–Kier alpha value is -1.26. The molecule has 0 aromatic heterocycles. The highest BCUT2D eigenvalue weighted by Crippen LogP contribution is 2.10. The zero-order valence-corrected chi connectivity index (χ0v) is 9.03. The highest BCUT2D eigenvalue weighted by Gasteiger charge is 2.17. The van der Waals surface area contributed by atoms with E-state index in [0.717, 1.165) is 11.1 Å². The van der Waals surface area contributed by atoms with Crippen LogP contribution in [-0.2, 0) is 0 Å². The van der Waals surface area contributed by atoms with Gasteiger partial charge in [-0.2, -0.15) is 0 Å². The van der Waals surface area contributed by atoms with Crippen molar-refractivity contribution in [1.29, 1.82) is 0 Å². The fourth-order valence-corrected chi connectivity index (χ4v) is 1.20. The van der Waals surface area contributed by atoms with E-state index in [9.17, 15) is 0 Å². The predicted molar refractivity (Wildman–Crippen MR) is 61.3 cm³/mol. The SMILES string of the molecule is C=C(C)COc1ccc(C)cc1B(O)O. The molecule has 3 nitrogen and oxygen atoms in total. The van der Waals surface area contributed by atoms with Crippen LogP contribution in [0.25, 0.3) is 0 Å². The van der Waals surface area contributed by atoms with Gasteiger partial charge in [0.1, 0.15) is 12.4 Å². The molecule has 1 aromatic rings. The van der Waals surface area contributed by atoms with Gasteiger partial charge in [-0.15, -0.1) is 0 Å². The van der Waals surface area contributed by atoms with Crippen LogP contribution in [0.3, 0.4) is 0 Å². The van der Waals surface area contributed by atoms with Crippen molar-refractivity contribution in [3.63, 3.8) is 0 Å². The molecular formula is C11H15BO3. The molecule has 0 amide bonds. The predicted octanol–water partition coefficient (Wildman–Crippen LogP) is 0.630. The second kappa shape index (κ2) is 5.00. The smallest absolute Gasteiger partial charge is 0.490 e. The molecule has 0 bridgehead atoms. The lowest BCUT2D eigenvalue weighted by Crippen LogP contribution is -2.31. The lowest BCUT2D eigenvalue weighted by molar-refractivity contribution is 0.351. The molecule has 2 N–H and O–H groups in total. The van der Waals surface area contributed by atoms with E-state index in [2.05, 4.69) is 6.58 Å². The van der Waals surface area contributed by atoms with Crippen LogP contribution in [0.15, 0.2) is 30.4 Å². The van der Waals surface area contributed by atoms with Gasteiger partial charge in [-0.25, -0.2) is 0 Å². The lowest BCUT2D eigenvalue weighted by atomic mass is 9.79. The molecule has 0 aliphatic heterocycles. The van der Waals surface area contributed by atoms with Crippen LogP contribution in [0.1, 0.15) is 12.5 Å². The summed E-state index contributed by atoms with van der Waals surface area (Å²) in [6, 6.07) is 5.28. The normalized spacial score (nSPS) is 9.87. The summed E-state index contributed by atoms with van der Waals surface area (Å²) in [5, 5.41) is 18.3. The van der Waals surface area contributed by atoms with Crippen molar-refractivity contribution < 1.29 is 14.8 Å². The Kier molecular flexibility index (Phi) is 3.94. The van der Waals surface area contributed by atoms with E-state index >= 15 is 0 Å².